The molecule has 7 heteroatoms. The Labute approximate surface area is 151 Å². The second-order valence-electron chi connectivity index (χ2n) is 7.59. The van der Waals surface area contributed by atoms with E-state index in [-0.39, 0.29) is 29.3 Å². The predicted octanol–water partition coefficient (Wildman–Crippen LogP) is 2.11. The summed E-state index contributed by atoms with van der Waals surface area (Å²) in [5.74, 6) is -0.0491. The first-order valence-corrected chi connectivity index (χ1v) is 8.32. The van der Waals surface area contributed by atoms with Crippen LogP contribution < -0.4 is 10.6 Å². The number of rotatable bonds is 5. The van der Waals surface area contributed by atoms with Crippen LogP contribution in [0.15, 0.2) is 6.20 Å². The van der Waals surface area contributed by atoms with Crippen LogP contribution >= 0.6 is 12.4 Å². The molecule has 1 amide bonds. The zero-order valence-electron chi connectivity index (χ0n) is 15.4. The van der Waals surface area contributed by atoms with Gasteiger partial charge in [-0.15, -0.1) is 12.4 Å². The molecule has 1 saturated heterocycles. The molecule has 0 aromatic carbocycles. The average molecular weight is 359 g/mol. The van der Waals surface area contributed by atoms with E-state index in [2.05, 4.69) is 36.5 Å². The first kappa shape index (κ1) is 20.9. The molecule has 1 aromatic rings. The summed E-state index contributed by atoms with van der Waals surface area (Å²) in [5.41, 5.74) is 1.46. The number of halogens is 1. The van der Waals surface area contributed by atoms with Crippen LogP contribution in [-0.2, 0) is 10.3 Å². The van der Waals surface area contributed by atoms with Gasteiger partial charge in [0.15, 0.2) is 0 Å². The standard InChI is InChI=1S/C17H30N4O2.ClH/c1-13-14(10-20-21(13)16(2,3)4)15(22)19-11-17(12-23-5)6-8-18-9-7-17;/h10,18H,6-9,11-12H2,1-5H3,(H,19,22);1H. The highest BCUT2D eigenvalue weighted by molar-refractivity contribution is 5.95. The highest BCUT2D eigenvalue weighted by Crippen LogP contribution is 2.28. The third-order valence-electron chi connectivity index (χ3n) is 4.63. The monoisotopic (exact) mass is 358 g/mol. The van der Waals surface area contributed by atoms with Crippen LogP contribution in [0.2, 0.25) is 0 Å². The SMILES string of the molecule is COCC1(CNC(=O)c2cnn(C(C)(C)C)c2C)CCNCC1.Cl. The Balaban J connectivity index is 0.00000288. The highest BCUT2D eigenvalue weighted by atomic mass is 35.5. The quantitative estimate of drug-likeness (QED) is 0.846. The number of ether oxygens (including phenoxy) is 1. The summed E-state index contributed by atoms with van der Waals surface area (Å²) in [5, 5.41) is 10.8. The van der Waals surface area contributed by atoms with Crippen molar-refractivity contribution in [1.29, 1.82) is 0 Å². The Kier molecular flexibility index (Phi) is 7.25. The number of nitrogens with zero attached hydrogens (tertiary/aromatic N) is 2. The Morgan fingerprint density at radius 3 is 2.54 bits per heavy atom. The molecule has 138 valence electrons. The number of carbonyl (C=O) groups is 1. The fourth-order valence-corrected chi connectivity index (χ4v) is 3.31. The fraction of sp³-hybridized carbons (Fsp3) is 0.765. The van der Waals surface area contributed by atoms with Gasteiger partial charge in [-0.25, -0.2) is 0 Å². The third kappa shape index (κ3) is 4.71. The van der Waals surface area contributed by atoms with Crippen LogP contribution in [0.1, 0.15) is 49.7 Å². The van der Waals surface area contributed by atoms with Gasteiger partial charge in [0.1, 0.15) is 0 Å². The lowest BCUT2D eigenvalue weighted by atomic mass is 9.79. The largest absolute Gasteiger partial charge is 0.384 e. The molecule has 0 bridgehead atoms. The molecule has 1 aliphatic heterocycles. The van der Waals surface area contributed by atoms with Crippen molar-refractivity contribution in [3.8, 4) is 0 Å². The first-order chi connectivity index (χ1) is 10.8. The molecule has 6 nitrogen and oxygen atoms in total. The molecule has 0 saturated carbocycles. The van der Waals surface area contributed by atoms with Gasteiger partial charge in [0.2, 0.25) is 0 Å². The number of aromatic nitrogens is 2. The molecule has 0 spiro atoms. The number of amides is 1. The van der Waals surface area contributed by atoms with Crippen molar-refractivity contribution in [3.05, 3.63) is 17.5 Å². The summed E-state index contributed by atoms with van der Waals surface area (Å²) in [7, 11) is 1.73. The van der Waals surface area contributed by atoms with E-state index >= 15 is 0 Å². The molecule has 1 aliphatic rings. The van der Waals surface area contributed by atoms with Crippen molar-refractivity contribution >= 4 is 18.3 Å². The Bertz CT molecular complexity index is 540. The fourth-order valence-electron chi connectivity index (χ4n) is 3.31. The van der Waals surface area contributed by atoms with Gasteiger partial charge >= 0.3 is 0 Å². The maximum absolute atomic E-state index is 12.6. The molecule has 2 heterocycles. The number of methoxy groups -OCH3 is 1. The lowest BCUT2D eigenvalue weighted by Crippen LogP contribution is -2.47. The van der Waals surface area contributed by atoms with Gasteiger partial charge in [0, 0.05) is 24.8 Å². The van der Waals surface area contributed by atoms with Crippen LogP contribution in [0.5, 0.6) is 0 Å². The molecule has 2 rings (SSSR count). The first-order valence-electron chi connectivity index (χ1n) is 8.32. The predicted molar refractivity (Wildman–Crippen MR) is 98.0 cm³/mol. The smallest absolute Gasteiger partial charge is 0.254 e. The van der Waals surface area contributed by atoms with E-state index in [1.165, 1.54) is 0 Å². The minimum absolute atomic E-state index is 0. The van der Waals surface area contributed by atoms with Gasteiger partial charge in [-0.2, -0.15) is 5.10 Å². The van der Waals surface area contributed by atoms with Crippen molar-refractivity contribution in [2.75, 3.05) is 33.4 Å². The van der Waals surface area contributed by atoms with Crippen LogP contribution in [0.3, 0.4) is 0 Å². The summed E-state index contributed by atoms with van der Waals surface area (Å²) in [4.78, 5) is 12.6. The van der Waals surface area contributed by atoms with Gasteiger partial charge in [0.05, 0.1) is 23.9 Å². The van der Waals surface area contributed by atoms with Crippen LogP contribution in [0.25, 0.3) is 0 Å². The number of nitrogens with one attached hydrogen (secondary N) is 2. The maximum atomic E-state index is 12.6. The minimum atomic E-state index is -0.130. The molecule has 0 radical (unpaired) electrons. The molecular weight excluding hydrogens is 328 g/mol. The second kappa shape index (κ2) is 8.32. The normalized spacial score (nSPS) is 17.2. The molecule has 24 heavy (non-hydrogen) atoms. The summed E-state index contributed by atoms with van der Waals surface area (Å²) >= 11 is 0. The van der Waals surface area contributed by atoms with Gasteiger partial charge in [-0.3, -0.25) is 9.48 Å². The number of piperidine rings is 1. The van der Waals surface area contributed by atoms with Crippen molar-refractivity contribution in [2.24, 2.45) is 5.41 Å². The lowest BCUT2D eigenvalue weighted by Gasteiger charge is -2.37. The van der Waals surface area contributed by atoms with E-state index in [1.54, 1.807) is 13.3 Å². The summed E-state index contributed by atoms with van der Waals surface area (Å²) in [6.45, 7) is 11.5. The molecule has 2 N–H and O–H groups in total. The van der Waals surface area contributed by atoms with Crippen molar-refractivity contribution in [2.45, 2.75) is 46.1 Å². The molecule has 0 unspecified atom stereocenters. The van der Waals surface area contributed by atoms with Gasteiger partial charge in [0.25, 0.3) is 5.91 Å². The Morgan fingerprint density at radius 1 is 1.42 bits per heavy atom. The van der Waals surface area contributed by atoms with Gasteiger partial charge in [-0.05, 0) is 53.6 Å². The Hall–Kier alpha value is -1.11. The highest BCUT2D eigenvalue weighted by Gasteiger charge is 2.33. The van der Waals surface area contributed by atoms with E-state index < -0.39 is 0 Å². The summed E-state index contributed by atoms with van der Waals surface area (Å²) in [6, 6.07) is 0. The molecule has 1 fully saturated rings. The van der Waals surface area contributed by atoms with E-state index in [4.69, 9.17) is 4.74 Å². The van der Waals surface area contributed by atoms with E-state index in [1.807, 2.05) is 11.6 Å². The van der Waals surface area contributed by atoms with Gasteiger partial charge < -0.3 is 15.4 Å². The summed E-state index contributed by atoms with van der Waals surface area (Å²) in [6.07, 6.45) is 3.70. The molecule has 1 aromatic heterocycles. The minimum Gasteiger partial charge on any atom is -0.384 e. The van der Waals surface area contributed by atoms with Crippen molar-refractivity contribution in [1.82, 2.24) is 20.4 Å². The van der Waals surface area contributed by atoms with Crippen LogP contribution in [0, 0.1) is 12.3 Å². The van der Waals surface area contributed by atoms with Crippen molar-refractivity contribution in [3.63, 3.8) is 0 Å². The number of hydrogen-bond acceptors (Lipinski definition) is 4. The van der Waals surface area contributed by atoms with Crippen molar-refractivity contribution < 1.29 is 9.53 Å². The lowest BCUT2D eigenvalue weighted by molar-refractivity contribution is 0.0511. The van der Waals surface area contributed by atoms with Crippen LogP contribution in [0.4, 0.5) is 0 Å². The zero-order valence-corrected chi connectivity index (χ0v) is 16.3. The third-order valence-corrected chi connectivity index (χ3v) is 4.63. The van der Waals surface area contributed by atoms with Crippen LogP contribution in [-0.4, -0.2) is 49.0 Å². The average Bonchev–Trinajstić information content (AvgIpc) is 2.88. The molecule has 0 atom stereocenters. The zero-order chi connectivity index (χ0) is 17.1. The van der Waals surface area contributed by atoms with E-state index in [9.17, 15) is 4.79 Å². The number of hydrogen-bond donors (Lipinski definition) is 2. The van der Waals surface area contributed by atoms with E-state index in [0.717, 1.165) is 31.6 Å². The summed E-state index contributed by atoms with van der Waals surface area (Å²) < 4.78 is 7.30. The maximum Gasteiger partial charge on any atom is 0.254 e. The second-order valence-corrected chi connectivity index (χ2v) is 7.59. The van der Waals surface area contributed by atoms with E-state index in [0.29, 0.717) is 18.7 Å². The Morgan fingerprint density at radius 2 is 2.04 bits per heavy atom. The molecular formula is C17H31ClN4O2. The number of carbonyl (C=O) groups excluding carboxylic acids is 1. The van der Waals surface area contributed by atoms with Gasteiger partial charge in [-0.1, -0.05) is 0 Å². The molecule has 0 aliphatic carbocycles. The topological polar surface area (TPSA) is 68.2 Å².